The highest BCUT2D eigenvalue weighted by Crippen LogP contribution is 2.07. The van der Waals surface area contributed by atoms with Crippen LogP contribution in [0.3, 0.4) is 0 Å². The van der Waals surface area contributed by atoms with Crippen molar-refractivity contribution in [1.82, 2.24) is 35.1 Å². The van der Waals surface area contributed by atoms with Crippen molar-refractivity contribution < 1.29 is 9.59 Å². The van der Waals surface area contributed by atoms with E-state index in [-0.39, 0.29) is 11.8 Å². The quantitative estimate of drug-likeness (QED) is 0.110. The van der Waals surface area contributed by atoms with Gasteiger partial charge in [0, 0.05) is 51.4 Å². The zero-order valence-electron chi connectivity index (χ0n) is 24.6. The van der Waals surface area contributed by atoms with E-state index in [1.54, 1.807) is 12.7 Å². The van der Waals surface area contributed by atoms with Crippen LogP contribution in [0.2, 0.25) is 0 Å². The van der Waals surface area contributed by atoms with Crippen molar-refractivity contribution in [1.29, 1.82) is 0 Å². The topological polar surface area (TPSA) is 158 Å². The summed E-state index contributed by atoms with van der Waals surface area (Å²) in [4.78, 5) is 33.5. The predicted molar refractivity (Wildman–Crippen MR) is 167 cm³/mol. The van der Waals surface area contributed by atoms with Gasteiger partial charge < -0.3 is 36.6 Å². The molecule has 11 nitrogen and oxygen atoms in total. The van der Waals surface area contributed by atoms with Gasteiger partial charge in [-0.2, -0.15) is 0 Å². The molecule has 0 saturated carbocycles. The Morgan fingerprint density at radius 3 is 1.49 bits per heavy atom. The fourth-order valence-electron chi connectivity index (χ4n) is 4.66. The summed E-state index contributed by atoms with van der Waals surface area (Å²) in [5.41, 5.74) is 16.2. The first kappa shape index (κ1) is 31.6. The number of benzene rings is 2. The second kappa shape index (κ2) is 17.0. The van der Waals surface area contributed by atoms with Gasteiger partial charge in [0.15, 0.2) is 0 Å². The van der Waals surface area contributed by atoms with E-state index in [1.807, 2.05) is 57.9 Å². The first-order chi connectivity index (χ1) is 21.0. The molecular formula is C32H43N9O2. The second-order valence-corrected chi connectivity index (χ2v) is 10.7. The minimum absolute atomic E-state index is 0.181. The number of carbonyl (C=O) groups excluding carboxylic acids is 2. The molecular weight excluding hydrogens is 542 g/mol. The predicted octanol–water partition coefficient (Wildman–Crippen LogP) is 1.22. The normalized spacial score (nSPS) is 12.5. The third kappa shape index (κ3) is 11.1. The maximum Gasteiger partial charge on any atom is 0.237 e. The van der Waals surface area contributed by atoms with Crippen LogP contribution < -0.4 is 27.4 Å². The van der Waals surface area contributed by atoms with Crippen LogP contribution in [0.15, 0.2) is 85.7 Å². The van der Waals surface area contributed by atoms with Crippen molar-refractivity contribution in [3.05, 3.63) is 108 Å². The molecule has 0 fully saturated rings. The fraction of sp³-hybridized carbons (Fsp3) is 0.375. The summed E-state index contributed by atoms with van der Waals surface area (Å²) in [6.07, 6.45) is 9.73. The summed E-state index contributed by atoms with van der Waals surface area (Å²) in [5, 5.41) is 9.12. The lowest BCUT2D eigenvalue weighted by Crippen LogP contribution is -2.43. The van der Waals surface area contributed by atoms with Crippen molar-refractivity contribution in [3.63, 3.8) is 0 Å². The Labute approximate surface area is 253 Å². The van der Waals surface area contributed by atoms with Gasteiger partial charge >= 0.3 is 0 Å². The van der Waals surface area contributed by atoms with E-state index in [0.29, 0.717) is 25.9 Å². The van der Waals surface area contributed by atoms with Crippen molar-refractivity contribution >= 4 is 11.8 Å². The van der Waals surface area contributed by atoms with Crippen molar-refractivity contribution in [3.8, 4) is 0 Å². The van der Waals surface area contributed by atoms with Gasteiger partial charge in [0.2, 0.25) is 11.8 Å². The molecule has 0 aliphatic heterocycles. The number of imidazole rings is 2. The van der Waals surface area contributed by atoms with E-state index in [2.05, 4.69) is 50.2 Å². The van der Waals surface area contributed by atoms with Crippen molar-refractivity contribution in [2.24, 2.45) is 11.5 Å². The number of nitrogens with zero attached hydrogens (tertiary/aromatic N) is 4. The summed E-state index contributed by atoms with van der Waals surface area (Å²) in [6.45, 7) is 4.02. The number of hydrogen-bond donors (Lipinski definition) is 5. The second-order valence-electron chi connectivity index (χ2n) is 10.7. The van der Waals surface area contributed by atoms with E-state index in [4.69, 9.17) is 11.5 Å². The van der Waals surface area contributed by atoms with Crippen LogP contribution in [0.5, 0.6) is 0 Å². The summed E-state index contributed by atoms with van der Waals surface area (Å²) in [7, 11) is 0. The molecule has 2 heterocycles. The summed E-state index contributed by atoms with van der Waals surface area (Å²) >= 11 is 0. The first-order valence-electron chi connectivity index (χ1n) is 14.8. The highest BCUT2D eigenvalue weighted by atomic mass is 16.2. The van der Waals surface area contributed by atoms with E-state index < -0.39 is 12.1 Å². The zero-order chi connectivity index (χ0) is 30.3. The molecule has 7 N–H and O–H groups in total. The standard InChI is InChI=1S/C32H43N9O2/c33-29(17-27-21-40(23-38-27)19-25-9-3-1-4-10-25)31(42)36-15-7-13-35-14-8-16-37-32(43)30(34)18-28-22-41(24-39-28)20-26-11-5-2-6-12-26/h1-6,9-12,21-24,29-30,35H,7-8,13-20,33-34H2,(H,36,42)(H,37,43)/t29-,30-/m0/s1. The molecule has 0 aliphatic carbocycles. The zero-order valence-corrected chi connectivity index (χ0v) is 24.6. The van der Waals surface area contributed by atoms with Crippen molar-refractivity contribution in [2.45, 2.75) is 50.9 Å². The lowest BCUT2D eigenvalue weighted by Gasteiger charge is -2.12. The number of nitrogens with one attached hydrogen (secondary N) is 3. The third-order valence-electron chi connectivity index (χ3n) is 6.98. The van der Waals surface area contributed by atoms with Crippen LogP contribution in [-0.2, 0) is 35.5 Å². The molecule has 0 radical (unpaired) electrons. The van der Waals surface area contributed by atoms with Gasteiger partial charge in [0.1, 0.15) is 0 Å². The average Bonchev–Trinajstić information content (AvgIpc) is 3.65. The number of carbonyl (C=O) groups is 2. The number of amides is 2. The molecule has 0 bridgehead atoms. The average molecular weight is 586 g/mol. The molecule has 0 spiro atoms. The Morgan fingerprint density at radius 1 is 0.651 bits per heavy atom. The molecule has 4 aromatic rings. The monoisotopic (exact) mass is 585 g/mol. The van der Waals surface area contributed by atoms with Crippen LogP contribution in [0.25, 0.3) is 0 Å². The molecule has 0 saturated heterocycles. The minimum Gasteiger partial charge on any atom is -0.355 e. The number of nitrogens with two attached hydrogens (primary N) is 2. The SMILES string of the molecule is N[C@@H](Cc1cn(Cc2ccccc2)cn1)C(=O)NCCCNCCCNC(=O)[C@@H](N)Cc1cn(Cc2ccccc2)cn1. The van der Waals surface area contributed by atoms with Crippen LogP contribution in [0.1, 0.15) is 35.4 Å². The molecule has 0 aliphatic rings. The van der Waals surface area contributed by atoms with Gasteiger partial charge in [-0.25, -0.2) is 9.97 Å². The molecule has 11 heteroatoms. The highest BCUT2D eigenvalue weighted by molar-refractivity contribution is 5.82. The van der Waals surface area contributed by atoms with Crippen LogP contribution in [0, 0.1) is 0 Å². The molecule has 0 unspecified atom stereocenters. The van der Waals surface area contributed by atoms with E-state index in [0.717, 1.165) is 50.4 Å². The molecule has 43 heavy (non-hydrogen) atoms. The number of rotatable bonds is 18. The first-order valence-corrected chi connectivity index (χ1v) is 14.8. The van der Waals surface area contributed by atoms with Crippen LogP contribution >= 0.6 is 0 Å². The van der Waals surface area contributed by atoms with Crippen LogP contribution in [-0.4, -0.2) is 69.2 Å². The van der Waals surface area contributed by atoms with E-state index >= 15 is 0 Å². The Balaban J connectivity index is 1.00. The maximum atomic E-state index is 12.4. The largest absolute Gasteiger partial charge is 0.355 e. The van der Waals surface area contributed by atoms with Crippen molar-refractivity contribution in [2.75, 3.05) is 26.2 Å². The molecule has 2 aromatic heterocycles. The number of hydrogen-bond acceptors (Lipinski definition) is 7. The van der Waals surface area contributed by atoms with Gasteiger partial charge in [0.05, 0.1) is 36.1 Å². The molecule has 2 amide bonds. The Bertz CT molecular complexity index is 1280. The smallest absolute Gasteiger partial charge is 0.237 e. The molecule has 4 rings (SSSR count). The summed E-state index contributed by atoms with van der Waals surface area (Å²) in [5.74, 6) is -0.362. The highest BCUT2D eigenvalue weighted by Gasteiger charge is 2.16. The van der Waals surface area contributed by atoms with E-state index in [1.165, 1.54) is 11.1 Å². The molecule has 228 valence electrons. The molecule has 2 atom stereocenters. The maximum absolute atomic E-state index is 12.4. The van der Waals surface area contributed by atoms with Gasteiger partial charge in [-0.05, 0) is 37.1 Å². The van der Waals surface area contributed by atoms with Gasteiger partial charge in [-0.15, -0.1) is 0 Å². The fourth-order valence-corrected chi connectivity index (χ4v) is 4.66. The lowest BCUT2D eigenvalue weighted by molar-refractivity contribution is -0.123. The van der Waals surface area contributed by atoms with Gasteiger partial charge in [-0.1, -0.05) is 60.7 Å². The number of aromatic nitrogens is 4. The summed E-state index contributed by atoms with van der Waals surface area (Å²) in [6, 6.07) is 19.0. The Kier molecular flexibility index (Phi) is 12.5. The lowest BCUT2D eigenvalue weighted by atomic mass is 10.1. The van der Waals surface area contributed by atoms with Crippen LogP contribution in [0.4, 0.5) is 0 Å². The van der Waals surface area contributed by atoms with Gasteiger partial charge in [0.25, 0.3) is 0 Å². The van der Waals surface area contributed by atoms with E-state index in [9.17, 15) is 9.59 Å². The third-order valence-corrected chi connectivity index (χ3v) is 6.98. The van der Waals surface area contributed by atoms with Gasteiger partial charge in [-0.3, -0.25) is 9.59 Å². The minimum atomic E-state index is -0.645. The Hall–Kier alpha value is -4.32. The summed E-state index contributed by atoms with van der Waals surface area (Å²) < 4.78 is 3.98. The Morgan fingerprint density at radius 2 is 1.07 bits per heavy atom. The molecule has 2 aromatic carbocycles.